The van der Waals surface area contributed by atoms with Crippen molar-refractivity contribution in [1.29, 1.82) is 0 Å². The molecule has 5 nitrogen and oxygen atoms in total. The van der Waals surface area contributed by atoms with Crippen LogP contribution in [-0.2, 0) is 23.7 Å². The maximum atomic E-state index is 11.5. The summed E-state index contributed by atoms with van der Waals surface area (Å²) >= 11 is 0. The van der Waals surface area contributed by atoms with Crippen molar-refractivity contribution in [3.63, 3.8) is 0 Å². The van der Waals surface area contributed by atoms with Crippen LogP contribution in [0.2, 0.25) is 0 Å². The highest BCUT2D eigenvalue weighted by atomic mass is 16.9. The summed E-state index contributed by atoms with van der Waals surface area (Å²) in [7, 11) is 0. The summed E-state index contributed by atoms with van der Waals surface area (Å²) in [5.41, 5.74) is -0.798. The van der Waals surface area contributed by atoms with Gasteiger partial charge in [-0.2, -0.15) is 0 Å². The van der Waals surface area contributed by atoms with Gasteiger partial charge in [-0.25, -0.2) is 0 Å². The highest BCUT2D eigenvalue weighted by molar-refractivity contribution is 5.71. The van der Waals surface area contributed by atoms with Gasteiger partial charge in [0.1, 0.15) is 17.8 Å². The van der Waals surface area contributed by atoms with Gasteiger partial charge >= 0.3 is 5.97 Å². The second-order valence-electron chi connectivity index (χ2n) is 6.00. The van der Waals surface area contributed by atoms with Crippen molar-refractivity contribution in [2.75, 3.05) is 13.2 Å². The van der Waals surface area contributed by atoms with E-state index in [1.165, 1.54) is 0 Å². The van der Waals surface area contributed by atoms with E-state index >= 15 is 0 Å². The predicted molar refractivity (Wildman–Crippen MR) is 59.5 cm³/mol. The maximum Gasteiger partial charge on any atom is 0.306 e. The second kappa shape index (κ2) is 3.26. The Hall–Kier alpha value is -0.650. The molecule has 4 unspecified atom stereocenters. The fraction of sp³-hybridized carbons (Fsp3) is 0.923. The average molecular weight is 254 g/mol. The molecule has 3 heterocycles. The van der Waals surface area contributed by atoms with E-state index in [1.54, 1.807) is 0 Å². The Bertz CT molecular complexity index is 406. The zero-order valence-electron chi connectivity index (χ0n) is 10.6. The number of hydrogen-bond donors (Lipinski definition) is 0. The molecule has 0 aromatic rings. The van der Waals surface area contributed by atoms with E-state index in [4.69, 9.17) is 18.9 Å². The molecular weight excluding hydrogens is 236 g/mol. The van der Waals surface area contributed by atoms with Crippen LogP contribution in [0.5, 0.6) is 0 Å². The Morgan fingerprint density at radius 3 is 3.06 bits per heavy atom. The fourth-order valence-electron chi connectivity index (χ4n) is 4.31. The van der Waals surface area contributed by atoms with E-state index < -0.39 is 11.6 Å². The third kappa shape index (κ3) is 1.20. The summed E-state index contributed by atoms with van der Waals surface area (Å²) in [6.07, 6.45) is 4.34. The van der Waals surface area contributed by atoms with Gasteiger partial charge in [0, 0.05) is 19.3 Å². The normalized spacial score (nSPS) is 54.5. The molecule has 3 saturated heterocycles. The molecule has 0 N–H and O–H groups in total. The minimum Gasteiger partial charge on any atom is -0.462 e. The summed E-state index contributed by atoms with van der Waals surface area (Å²) in [6, 6.07) is 0. The molecule has 2 bridgehead atoms. The van der Waals surface area contributed by atoms with Crippen molar-refractivity contribution < 1.29 is 23.7 Å². The van der Waals surface area contributed by atoms with Crippen molar-refractivity contribution in [3.05, 3.63) is 0 Å². The topological polar surface area (TPSA) is 54.0 Å². The molecular formula is C13H18O5. The molecule has 0 amide bonds. The molecule has 4 rings (SSSR count). The second-order valence-corrected chi connectivity index (χ2v) is 6.00. The zero-order valence-corrected chi connectivity index (χ0v) is 10.6. The number of carbonyl (C=O) groups is 1. The molecule has 100 valence electrons. The lowest BCUT2D eigenvalue weighted by Crippen LogP contribution is -2.64. The Balaban J connectivity index is 1.80. The molecule has 1 aliphatic carbocycles. The Morgan fingerprint density at radius 2 is 2.17 bits per heavy atom. The number of cyclic esters (lactones) is 1. The van der Waals surface area contributed by atoms with Gasteiger partial charge in [0.2, 0.25) is 0 Å². The van der Waals surface area contributed by atoms with Crippen LogP contribution in [0.3, 0.4) is 0 Å². The van der Waals surface area contributed by atoms with Crippen LogP contribution in [0.4, 0.5) is 0 Å². The molecule has 2 spiro atoms. The first-order chi connectivity index (χ1) is 8.58. The smallest absolute Gasteiger partial charge is 0.306 e. The lowest BCUT2D eigenvalue weighted by Gasteiger charge is -2.51. The SMILES string of the molecule is CC12OCCC3(CCCC4CC(=O)OCC43O1)O2. The average Bonchev–Trinajstić information content (AvgIpc) is 2.49. The number of carbonyl (C=O) groups excluding carboxylic acids is 1. The highest BCUT2D eigenvalue weighted by Gasteiger charge is 2.72. The van der Waals surface area contributed by atoms with Crippen LogP contribution in [-0.4, -0.2) is 36.4 Å². The van der Waals surface area contributed by atoms with Gasteiger partial charge in [-0.1, -0.05) is 6.42 Å². The summed E-state index contributed by atoms with van der Waals surface area (Å²) in [5, 5.41) is 0. The van der Waals surface area contributed by atoms with Crippen molar-refractivity contribution in [3.8, 4) is 0 Å². The number of esters is 1. The van der Waals surface area contributed by atoms with Gasteiger partial charge in [0.15, 0.2) is 0 Å². The Kier molecular flexibility index (Phi) is 2.03. The molecule has 1 saturated carbocycles. The standard InChI is InChI=1S/C13H18O5/c1-11-16-6-5-12(17-11)4-2-3-9-7-10(14)15-8-13(9,12)18-11/h9H,2-8H2,1H3. The van der Waals surface area contributed by atoms with E-state index in [0.29, 0.717) is 19.6 Å². The first-order valence-corrected chi connectivity index (χ1v) is 6.78. The lowest BCUT2D eigenvalue weighted by molar-refractivity contribution is -0.362. The summed E-state index contributed by atoms with van der Waals surface area (Å²) < 4.78 is 23.3. The molecule has 18 heavy (non-hydrogen) atoms. The van der Waals surface area contributed by atoms with Crippen molar-refractivity contribution in [2.45, 2.75) is 56.2 Å². The summed E-state index contributed by atoms with van der Waals surface area (Å²) in [5.74, 6) is -0.861. The Labute approximate surface area is 106 Å². The van der Waals surface area contributed by atoms with Crippen LogP contribution in [0, 0.1) is 5.92 Å². The molecule has 0 aromatic heterocycles. The molecule has 4 atom stereocenters. The van der Waals surface area contributed by atoms with E-state index in [-0.39, 0.29) is 17.5 Å². The van der Waals surface area contributed by atoms with Crippen molar-refractivity contribution in [1.82, 2.24) is 0 Å². The molecule has 0 aromatic carbocycles. The van der Waals surface area contributed by atoms with Gasteiger partial charge in [0.05, 0.1) is 13.0 Å². The number of hydrogen-bond acceptors (Lipinski definition) is 5. The lowest BCUT2D eigenvalue weighted by atomic mass is 9.62. The van der Waals surface area contributed by atoms with Crippen LogP contribution in [0.15, 0.2) is 0 Å². The van der Waals surface area contributed by atoms with Gasteiger partial charge < -0.3 is 18.9 Å². The van der Waals surface area contributed by atoms with Gasteiger partial charge in [-0.3, -0.25) is 4.79 Å². The number of ether oxygens (including phenoxy) is 4. The first-order valence-electron chi connectivity index (χ1n) is 6.78. The number of fused-ring (bicyclic) bond motifs is 1. The largest absolute Gasteiger partial charge is 0.462 e. The molecule has 3 aliphatic heterocycles. The quantitative estimate of drug-likeness (QED) is 0.611. The number of rotatable bonds is 0. The fourth-order valence-corrected chi connectivity index (χ4v) is 4.31. The zero-order chi connectivity index (χ0) is 12.4. The molecule has 4 fully saturated rings. The first kappa shape index (κ1) is 11.2. The Morgan fingerprint density at radius 1 is 1.28 bits per heavy atom. The van der Waals surface area contributed by atoms with Gasteiger partial charge in [-0.15, -0.1) is 0 Å². The van der Waals surface area contributed by atoms with Crippen molar-refractivity contribution >= 4 is 5.97 Å². The molecule has 0 radical (unpaired) electrons. The van der Waals surface area contributed by atoms with E-state index in [1.807, 2.05) is 6.92 Å². The third-order valence-corrected chi connectivity index (χ3v) is 5.04. The molecule has 4 aliphatic rings. The minimum atomic E-state index is -0.954. The van der Waals surface area contributed by atoms with E-state index in [9.17, 15) is 4.79 Å². The predicted octanol–water partition coefficient (Wildman–Crippen LogP) is 1.35. The third-order valence-electron chi connectivity index (χ3n) is 5.04. The summed E-state index contributed by atoms with van der Waals surface area (Å²) in [6.45, 7) is 2.79. The van der Waals surface area contributed by atoms with Crippen LogP contribution in [0.25, 0.3) is 0 Å². The monoisotopic (exact) mass is 254 g/mol. The van der Waals surface area contributed by atoms with E-state index in [0.717, 1.165) is 25.7 Å². The summed E-state index contributed by atoms with van der Waals surface area (Å²) in [4.78, 5) is 11.5. The van der Waals surface area contributed by atoms with Crippen LogP contribution < -0.4 is 0 Å². The van der Waals surface area contributed by atoms with E-state index in [2.05, 4.69) is 0 Å². The minimum absolute atomic E-state index is 0.112. The van der Waals surface area contributed by atoms with Crippen molar-refractivity contribution in [2.24, 2.45) is 5.92 Å². The van der Waals surface area contributed by atoms with Crippen LogP contribution in [0.1, 0.15) is 39.0 Å². The maximum absolute atomic E-state index is 11.5. The van der Waals surface area contributed by atoms with Crippen LogP contribution >= 0.6 is 0 Å². The van der Waals surface area contributed by atoms with Gasteiger partial charge in [-0.05, 0) is 12.8 Å². The molecule has 5 heteroatoms. The highest BCUT2D eigenvalue weighted by Crippen LogP contribution is 2.60. The van der Waals surface area contributed by atoms with Gasteiger partial charge in [0.25, 0.3) is 5.97 Å².